The lowest BCUT2D eigenvalue weighted by molar-refractivity contribution is 0.0603. The van der Waals surface area contributed by atoms with Crippen molar-refractivity contribution in [3.63, 3.8) is 0 Å². The molecule has 174 valence electrons. The Kier molecular flexibility index (Phi) is 5.37. The number of hydrogen-bond donors (Lipinski definition) is 2. The van der Waals surface area contributed by atoms with E-state index in [4.69, 9.17) is 10.5 Å². The first kappa shape index (κ1) is 22.0. The predicted octanol–water partition coefficient (Wildman–Crippen LogP) is 3.76. The molecule has 0 saturated carbocycles. The lowest BCUT2D eigenvalue weighted by Gasteiger charge is -2.06. The maximum Gasteiger partial charge on any atom is 0.338 e. The van der Waals surface area contributed by atoms with Gasteiger partial charge >= 0.3 is 12.0 Å². The molecule has 5 aromatic rings. The number of carbonyl (C=O) groups excluding carboxylic acids is 3. The van der Waals surface area contributed by atoms with E-state index in [-0.39, 0.29) is 16.9 Å². The molecule has 0 atom stereocenters. The summed E-state index contributed by atoms with van der Waals surface area (Å²) in [5.41, 5.74) is 10.2. The van der Waals surface area contributed by atoms with E-state index >= 15 is 0 Å². The van der Waals surface area contributed by atoms with Crippen molar-refractivity contribution in [1.29, 1.82) is 0 Å². The zero-order valence-electron chi connectivity index (χ0n) is 19.0. The lowest BCUT2D eigenvalue weighted by Crippen LogP contribution is -2.18. The summed E-state index contributed by atoms with van der Waals surface area (Å²) in [5, 5.41) is 0.317. The van der Waals surface area contributed by atoms with Crippen molar-refractivity contribution >= 4 is 39.7 Å². The number of methoxy groups -OCH3 is 1. The maximum atomic E-state index is 13.5. The van der Waals surface area contributed by atoms with Crippen LogP contribution in [0.3, 0.4) is 0 Å². The van der Waals surface area contributed by atoms with E-state index in [1.807, 2.05) is 25.1 Å². The number of aryl methyl sites for hydroxylation is 1. The average Bonchev–Trinajstić information content (AvgIpc) is 3.44. The molecular weight excluding hydrogens is 446 g/mol. The van der Waals surface area contributed by atoms with Gasteiger partial charge in [0.15, 0.2) is 5.78 Å². The minimum Gasteiger partial charge on any atom is -0.465 e. The Morgan fingerprint density at radius 2 is 1.83 bits per heavy atom. The summed E-state index contributed by atoms with van der Waals surface area (Å²) in [6.07, 6.45) is 3.64. The Balaban J connectivity index is 1.52. The van der Waals surface area contributed by atoms with E-state index in [1.165, 1.54) is 13.3 Å². The van der Waals surface area contributed by atoms with Crippen molar-refractivity contribution in [2.45, 2.75) is 13.3 Å². The summed E-state index contributed by atoms with van der Waals surface area (Å²) >= 11 is 0. The second kappa shape index (κ2) is 8.53. The number of aromatic amines is 1. The fourth-order valence-corrected chi connectivity index (χ4v) is 4.29. The number of esters is 1. The van der Waals surface area contributed by atoms with Crippen molar-refractivity contribution in [3.05, 3.63) is 94.7 Å². The van der Waals surface area contributed by atoms with Gasteiger partial charge in [0.05, 0.1) is 29.4 Å². The van der Waals surface area contributed by atoms with Crippen LogP contribution in [0.2, 0.25) is 0 Å². The quantitative estimate of drug-likeness (QED) is 0.299. The number of nitrogens with one attached hydrogen (secondary N) is 1. The normalized spacial score (nSPS) is 11.1. The molecule has 1 amide bonds. The Labute approximate surface area is 199 Å². The third-order valence-electron chi connectivity index (χ3n) is 5.90. The molecule has 0 bridgehead atoms. The standard InChI is InChI=1S/C26H21N5O4/c1-14-29-19-10-11-28-20(23(19)30-14)12-15-6-8-16(9-7-15)24(32)18-13-31(26(27)34)21-5-3-4-17(22(18)21)25(33)35-2/h3-11,13H,12H2,1-2H3,(H2,27,34)(H,29,30). The fourth-order valence-electron chi connectivity index (χ4n) is 4.29. The van der Waals surface area contributed by atoms with Crippen molar-refractivity contribution in [1.82, 2.24) is 19.5 Å². The number of ether oxygens (including phenoxy) is 1. The Bertz CT molecular complexity index is 1630. The van der Waals surface area contributed by atoms with Gasteiger partial charge in [0.2, 0.25) is 0 Å². The van der Waals surface area contributed by atoms with E-state index in [1.54, 1.807) is 36.5 Å². The highest BCUT2D eigenvalue weighted by molar-refractivity contribution is 6.21. The van der Waals surface area contributed by atoms with Crippen LogP contribution in [0.5, 0.6) is 0 Å². The number of benzene rings is 2. The van der Waals surface area contributed by atoms with Gasteiger partial charge in [0, 0.05) is 35.3 Å². The summed E-state index contributed by atoms with van der Waals surface area (Å²) in [6, 6.07) is 13.0. The van der Waals surface area contributed by atoms with Crippen molar-refractivity contribution in [2.75, 3.05) is 7.11 Å². The zero-order chi connectivity index (χ0) is 24.7. The van der Waals surface area contributed by atoms with Crippen LogP contribution in [0.15, 0.2) is 60.9 Å². The maximum absolute atomic E-state index is 13.5. The van der Waals surface area contributed by atoms with E-state index in [0.717, 1.165) is 32.7 Å². The smallest absolute Gasteiger partial charge is 0.338 e. The fraction of sp³-hybridized carbons (Fsp3) is 0.115. The highest BCUT2D eigenvalue weighted by Gasteiger charge is 2.23. The number of carbonyl (C=O) groups is 3. The van der Waals surface area contributed by atoms with Crippen molar-refractivity contribution in [2.24, 2.45) is 5.73 Å². The number of nitrogens with two attached hydrogens (primary N) is 1. The summed E-state index contributed by atoms with van der Waals surface area (Å²) in [5.74, 6) is -0.143. The molecule has 3 aromatic heterocycles. The largest absolute Gasteiger partial charge is 0.465 e. The molecule has 0 fully saturated rings. The van der Waals surface area contributed by atoms with Crippen LogP contribution in [-0.4, -0.2) is 44.4 Å². The molecule has 9 heteroatoms. The van der Waals surface area contributed by atoms with E-state index in [0.29, 0.717) is 22.9 Å². The highest BCUT2D eigenvalue weighted by atomic mass is 16.5. The van der Waals surface area contributed by atoms with Gasteiger partial charge < -0.3 is 15.5 Å². The van der Waals surface area contributed by atoms with Gasteiger partial charge in [-0.2, -0.15) is 0 Å². The molecule has 0 aliphatic rings. The number of ketones is 1. The van der Waals surface area contributed by atoms with Crippen LogP contribution in [0.1, 0.15) is 43.4 Å². The molecule has 0 spiro atoms. The topological polar surface area (TPSA) is 133 Å². The van der Waals surface area contributed by atoms with E-state index in [9.17, 15) is 14.4 Å². The van der Waals surface area contributed by atoms with Crippen molar-refractivity contribution in [3.8, 4) is 0 Å². The molecule has 0 aliphatic carbocycles. The second-order valence-electron chi connectivity index (χ2n) is 8.12. The zero-order valence-corrected chi connectivity index (χ0v) is 19.0. The minimum atomic E-state index is -0.762. The SMILES string of the molecule is COC(=O)c1cccc2c1c(C(=O)c1ccc(Cc3nccc4[nH]c(C)nc34)cc1)cn2C(N)=O. The Morgan fingerprint density at radius 3 is 2.54 bits per heavy atom. The third-order valence-corrected chi connectivity index (χ3v) is 5.90. The lowest BCUT2D eigenvalue weighted by atomic mass is 9.98. The summed E-state index contributed by atoms with van der Waals surface area (Å²) in [4.78, 5) is 50.0. The molecule has 5 rings (SSSR count). The molecule has 0 aliphatic heterocycles. The molecule has 0 unspecified atom stereocenters. The Hall–Kier alpha value is -4.79. The summed E-state index contributed by atoms with van der Waals surface area (Å²) in [7, 11) is 1.26. The number of fused-ring (bicyclic) bond motifs is 2. The predicted molar refractivity (Wildman–Crippen MR) is 130 cm³/mol. The third kappa shape index (κ3) is 3.82. The molecule has 0 radical (unpaired) electrons. The van der Waals surface area contributed by atoms with Crippen LogP contribution >= 0.6 is 0 Å². The first-order chi connectivity index (χ1) is 16.9. The number of rotatable bonds is 5. The van der Waals surface area contributed by atoms with Crippen LogP contribution < -0.4 is 5.73 Å². The number of imidazole rings is 1. The van der Waals surface area contributed by atoms with Crippen molar-refractivity contribution < 1.29 is 19.1 Å². The van der Waals surface area contributed by atoms with Gasteiger partial charge in [-0.3, -0.25) is 14.3 Å². The highest BCUT2D eigenvalue weighted by Crippen LogP contribution is 2.28. The summed E-state index contributed by atoms with van der Waals surface area (Å²) < 4.78 is 6.02. The van der Waals surface area contributed by atoms with Crippen LogP contribution in [0.4, 0.5) is 4.79 Å². The average molecular weight is 467 g/mol. The molecule has 9 nitrogen and oxygen atoms in total. The van der Waals surface area contributed by atoms with Crippen LogP contribution in [0.25, 0.3) is 21.9 Å². The van der Waals surface area contributed by atoms with Gasteiger partial charge in [0.25, 0.3) is 0 Å². The minimum absolute atomic E-state index is 0.179. The summed E-state index contributed by atoms with van der Waals surface area (Å²) in [6.45, 7) is 1.89. The molecule has 2 aromatic carbocycles. The number of aromatic nitrogens is 4. The molecule has 35 heavy (non-hydrogen) atoms. The molecule has 3 heterocycles. The van der Waals surface area contributed by atoms with Crippen LogP contribution in [0, 0.1) is 6.92 Å². The second-order valence-corrected chi connectivity index (χ2v) is 8.12. The Morgan fingerprint density at radius 1 is 1.06 bits per heavy atom. The van der Waals surface area contributed by atoms with Gasteiger partial charge in [-0.15, -0.1) is 0 Å². The molecular formula is C26H21N5O4. The number of primary amides is 1. The van der Waals surface area contributed by atoms with E-state index in [2.05, 4.69) is 15.0 Å². The number of amides is 1. The number of nitrogens with zero attached hydrogens (tertiary/aromatic N) is 3. The van der Waals surface area contributed by atoms with E-state index < -0.39 is 12.0 Å². The number of pyridine rings is 1. The van der Waals surface area contributed by atoms with Gasteiger partial charge in [0.1, 0.15) is 11.3 Å². The first-order valence-corrected chi connectivity index (χ1v) is 10.8. The monoisotopic (exact) mass is 467 g/mol. The van der Waals surface area contributed by atoms with Gasteiger partial charge in [-0.25, -0.2) is 14.6 Å². The molecule has 0 saturated heterocycles. The van der Waals surface area contributed by atoms with Crippen LogP contribution in [-0.2, 0) is 11.2 Å². The number of hydrogen-bond acceptors (Lipinski definition) is 6. The number of H-pyrrole nitrogens is 1. The van der Waals surface area contributed by atoms with Gasteiger partial charge in [-0.1, -0.05) is 30.3 Å². The molecule has 3 N–H and O–H groups in total. The first-order valence-electron chi connectivity index (χ1n) is 10.8. The van der Waals surface area contributed by atoms with Gasteiger partial charge in [-0.05, 0) is 30.7 Å².